The summed E-state index contributed by atoms with van der Waals surface area (Å²) in [6.07, 6.45) is 1.52. The molecule has 0 aromatic heterocycles. The fourth-order valence-corrected chi connectivity index (χ4v) is 3.20. The summed E-state index contributed by atoms with van der Waals surface area (Å²) in [6, 6.07) is 9.43. The predicted octanol–water partition coefficient (Wildman–Crippen LogP) is 0.509. The van der Waals surface area contributed by atoms with Crippen LogP contribution in [0.25, 0.3) is 0 Å². The molecule has 0 bridgehead atoms. The normalized spacial score (nSPS) is 20.3. The number of carbonyl (C=O) groups is 1. The van der Waals surface area contributed by atoms with Crippen LogP contribution in [0.5, 0.6) is 0 Å². The van der Waals surface area contributed by atoms with Gasteiger partial charge in [0, 0.05) is 13.1 Å². The highest BCUT2D eigenvalue weighted by Gasteiger charge is 2.30. The van der Waals surface area contributed by atoms with Crippen molar-refractivity contribution in [3.63, 3.8) is 0 Å². The fourth-order valence-electron chi connectivity index (χ4n) is 2.32. The van der Waals surface area contributed by atoms with Crippen molar-refractivity contribution < 1.29 is 13.2 Å². The van der Waals surface area contributed by atoms with Gasteiger partial charge in [-0.05, 0) is 18.4 Å². The molecule has 104 valence electrons. The molecule has 1 saturated heterocycles. The van der Waals surface area contributed by atoms with Crippen LogP contribution in [0.2, 0.25) is 0 Å². The molecule has 2 N–H and O–H groups in total. The number of amides is 1. The minimum Gasteiger partial charge on any atom is -0.341 e. The summed E-state index contributed by atoms with van der Waals surface area (Å²) in [5.41, 5.74) is 0.935. The zero-order valence-electron chi connectivity index (χ0n) is 10.7. The van der Waals surface area contributed by atoms with Crippen LogP contribution in [0.3, 0.4) is 0 Å². The number of hydrogen-bond acceptors (Lipinski definition) is 3. The molecule has 1 heterocycles. The SMILES string of the molecule is NS(=O)(=O)C1CCCN(C(=O)Cc2ccccc2)C1. The van der Waals surface area contributed by atoms with Crippen molar-refractivity contribution in [2.75, 3.05) is 13.1 Å². The lowest BCUT2D eigenvalue weighted by Crippen LogP contribution is -2.47. The highest BCUT2D eigenvalue weighted by molar-refractivity contribution is 7.89. The van der Waals surface area contributed by atoms with Crippen LogP contribution in [0.1, 0.15) is 18.4 Å². The number of benzene rings is 1. The van der Waals surface area contributed by atoms with E-state index in [1.165, 1.54) is 0 Å². The molecule has 1 atom stereocenters. The summed E-state index contributed by atoms with van der Waals surface area (Å²) < 4.78 is 22.7. The van der Waals surface area contributed by atoms with Gasteiger partial charge in [0.25, 0.3) is 0 Å². The third-order valence-corrected chi connectivity index (χ3v) is 4.71. The lowest BCUT2D eigenvalue weighted by Gasteiger charge is -2.31. The molecular formula is C13H18N2O3S. The number of sulfonamides is 1. The van der Waals surface area contributed by atoms with Crippen molar-refractivity contribution in [1.82, 2.24) is 4.90 Å². The number of carbonyl (C=O) groups excluding carboxylic acids is 1. The molecule has 5 nitrogen and oxygen atoms in total. The number of nitrogens with two attached hydrogens (primary N) is 1. The smallest absolute Gasteiger partial charge is 0.227 e. The Labute approximate surface area is 113 Å². The van der Waals surface area contributed by atoms with Gasteiger partial charge < -0.3 is 4.90 Å². The molecule has 0 spiro atoms. The van der Waals surface area contributed by atoms with E-state index in [-0.39, 0.29) is 12.5 Å². The van der Waals surface area contributed by atoms with E-state index >= 15 is 0 Å². The van der Waals surface area contributed by atoms with Crippen molar-refractivity contribution in [3.05, 3.63) is 35.9 Å². The lowest BCUT2D eigenvalue weighted by atomic mass is 10.1. The number of rotatable bonds is 3. The zero-order chi connectivity index (χ0) is 13.9. The maximum absolute atomic E-state index is 12.1. The quantitative estimate of drug-likeness (QED) is 0.877. The molecule has 1 aliphatic heterocycles. The predicted molar refractivity (Wildman–Crippen MR) is 72.9 cm³/mol. The van der Waals surface area contributed by atoms with Gasteiger partial charge in [-0.15, -0.1) is 0 Å². The Balaban J connectivity index is 2.00. The summed E-state index contributed by atoms with van der Waals surface area (Å²) in [5, 5.41) is 4.54. The van der Waals surface area contributed by atoms with Gasteiger partial charge in [0.2, 0.25) is 15.9 Å². The molecular weight excluding hydrogens is 264 g/mol. The summed E-state index contributed by atoms with van der Waals surface area (Å²) in [7, 11) is -3.56. The molecule has 1 unspecified atom stereocenters. The average Bonchev–Trinajstić information content (AvgIpc) is 2.39. The van der Waals surface area contributed by atoms with Gasteiger partial charge in [0.05, 0.1) is 11.7 Å². The van der Waals surface area contributed by atoms with Gasteiger partial charge in [0.15, 0.2) is 0 Å². The third kappa shape index (κ3) is 3.78. The van der Waals surface area contributed by atoms with Crippen molar-refractivity contribution in [3.8, 4) is 0 Å². The highest BCUT2D eigenvalue weighted by Crippen LogP contribution is 2.16. The Bertz CT molecular complexity index is 542. The first kappa shape index (κ1) is 14.0. The number of piperidine rings is 1. The number of hydrogen-bond donors (Lipinski definition) is 1. The van der Waals surface area contributed by atoms with Crippen molar-refractivity contribution in [2.45, 2.75) is 24.5 Å². The number of primary sulfonamides is 1. The Kier molecular flexibility index (Phi) is 4.21. The Hall–Kier alpha value is -1.40. The maximum atomic E-state index is 12.1. The first-order valence-corrected chi connectivity index (χ1v) is 7.91. The molecule has 0 saturated carbocycles. The summed E-state index contributed by atoms with van der Waals surface area (Å²) >= 11 is 0. The first-order chi connectivity index (χ1) is 8.97. The largest absolute Gasteiger partial charge is 0.341 e. The lowest BCUT2D eigenvalue weighted by molar-refractivity contribution is -0.131. The molecule has 1 amide bonds. The Morgan fingerprint density at radius 2 is 2.00 bits per heavy atom. The molecule has 1 fully saturated rings. The van der Waals surface area contributed by atoms with Crippen LogP contribution in [0.15, 0.2) is 30.3 Å². The Morgan fingerprint density at radius 3 is 2.63 bits per heavy atom. The molecule has 0 radical (unpaired) electrons. The van der Waals surface area contributed by atoms with Crippen LogP contribution >= 0.6 is 0 Å². The van der Waals surface area contributed by atoms with Gasteiger partial charge in [0.1, 0.15) is 0 Å². The average molecular weight is 282 g/mol. The standard InChI is InChI=1S/C13H18N2O3S/c14-19(17,18)12-7-4-8-15(10-12)13(16)9-11-5-2-1-3-6-11/h1-3,5-6,12H,4,7-10H2,(H2,14,17,18). The van der Waals surface area contributed by atoms with Crippen molar-refractivity contribution >= 4 is 15.9 Å². The van der Waals surface area contributed by atoms with E-state index in [1.54, 1.807) is 4.90 Å². The van der Waals surface area contributed by atoms with E-state index < -0.39 is 15.3 Å². The molecule has 1 aromatic rings. The fraction of sp³-hybridized carbons (Fsp3) is 0.462. The van der Waals surface area contributed by atoms with Crippen LogP contribution in [-0.2, 0) is 21.2 Å². The number of nitrogens with zero attached hydrogens (tertiary/aromatic N) is 1. The van der Waals surface area contributed by atoms with E-state index in [1.807, 2.05) is 30.3 Å². The molecule has 19 heavy (non-hydrogen) atoms. The van der Waals surface area contributed by atoms with Gasteiger partial charge in [-0.1, -0.05) is 30.3 Å². The monoisotopic (exact) mass is 282 g/mol. The summed E-state index contributed by atoms with van der Waals surface area (Å²) in [6.45, 7) is 0.822. The van der Waals surface area contributed by atoms with Crippen LogP contribution < -0.4 is 5.14 Å². The van der Waals surface area contributed by atoms with Gasteiger partial charge >= 0.3 is 0 Å². The highest BCUT2D eigenvalue weighted by atomic mass is 32.2. The second-order valence-corrected chi connectivity index (χ2v) is 6.70. The second-order valence-electron chi connectivity index (χ2n) is 4.86. The van der Waals surface area contributed by atoms with E-state index in [2.05, 4.69) is 0 Å². The van der Waals surface area contributed by atoms with Gasteiger partial charge in [-0.2, -0.15) is 0 Å². The van der Waals surface area contributed by atoms with Gasteiger partial charge in [-0.3, -0.25) is 4.79 Å². The van der Waals surface area contributed by atoms with E-state index in [0.29, 0.717) is 25.8 Å². The van der Waals surface area contributed by atoms with Crippen LogP contribution in [-0.4, -0.2) is 37.6 Å². The van der Waals surface area contributed by atoms with Gasteiger partial charge in [-0.25, -0.2) is 13.6 Å². The third-order valence-electron chi connectivity index (χ3n) is 3.39. The molecule has 1 aromatic carbocycles. The minimum absolute atomic E-state index is 0.0421. The molecule has 0 aliphatic carbocycles. The summed E-state index contributed by atoms with van der Waals surface area (Å²) in [4.78, 5) is 13.7. The molecule has 6 heteroatoms. The second kappa shape index (κ2) is 5.71. The molecule has 2 rings (SSSR count). The van der Waals surface area contributed by atoms with E-state index in [0.717, 1.165) is 5.56 Å². The van der Waals surface area contributed by atoms with Crippen molar-refractivity contribution in [2.24, 2.45) is 5.14 Å². The van der Waals surface area contributed by atoms with E-state index in [4.69, 9.17) is 5.14 Å². The van der Waals surface area contributed by atoms with Crippen molar-refractivity contribution in [1.29, 1.82) is 0 Å². The minimum atomic E-state index is -3.56. The zero-order valence-corrected chi connectivity index (χ0v) is 11.5. The first-order valence-electron chi connectivity index (χ1n) is 6.30. The number of likely N-dealkylation sites (tertiary alicyclic amines) is 1. The van der Waals surface area contributed by atoms with Crippen LogP contribution in [0.4, 0.5) is 0 Å². The summed E-state index contributed by atoms with van der Waals surface area (Å²) in [5.74, 6) is -0.0421. The maximum Gasteiger partial charge on any atom is 0.227 e. The Morgan fingerprint density at radius 1 is 1.32 bits per heavy atom. The topological polar surface area (TPSA) is 80.5 Å². The molecule has 1 aliphatic rings. The van der Waals surface area contributed by atoms with Crippen LogP contribution in [0, 0.1) is 0 Å². The van der Waals surface area contributed by atoms with E-state index in [9.17, 15) is 13.2 Å².